The second-order valence-corrected chi connectivity index (χ2v) is 7.75. The Hall–Kier alpha value is -1.59. The highest BCUT2D eigenvalue weighted by atomic mass is 32.2. The van der Waals surface area contributed by atoms with Gasteiger partial charge < -0.3 is 0 Å². The summed E-state index contributed by atoms with van der Waals surface area (Å²) in [7, 11) is -3.18. The van der Waals surface area contributed by atoms with Crippen molar-refractivity contribution in [2.24, 2.45) is 0 Å². The van der Waals surface area contributed by atoms with Crippen molar-refractivity contribution >= 4 is 27.4 Å². The van der Waals surface area contributed by atoms with Crippen LogP contribution in [0.25, 0.3) is 0 Å². The summed E-state index contributed by atoms with van der Waals surface area (Å²) in [5, 5.41) is 0. The number of hydrogen-bond acceptors (Lipinski definition) is 4. The first kappa shape index (κ1) is 15.8. The second-order valence-electron chi connectivity index (χ2n) is 4.62. The predicted octanol–water partition coefficient (Wildman–Crippen LogP) is 3.83. The summed E-state index contributed by atoms with van der Waals surface area (Å²) in [5.74, 6) is 0.103. The van der Waals surface area contributed by atoms with E-state index in [0.29, 0.717) is 16.9 Å². The zero-order valence-electron chi connectivity index (χ0n) is 11.9. The van der Waals surface area contributed by atoms with Crippen molar-refractivity contribution in [1.29, 1.82) is 0 Å². The molecule has 0 spiro atoms. The lowest BCUT2D eigenvalue weighted by Crippen LogP contribution is -1.98. The smallest absolute Gasteiger partial charge is 0.175 e. The molecule has 0 radical (unpaired) electrons. The molecule has 3 nitrogen and oxygen atoms in total. The number of carbonyl (C=O) groups is 1. The van der Waals surface area contributed by atoms with Gasteiger partial charge in [0.15, 0.2) is 15.6 Å². The molecule has 0 saturated carbocycles. The van der Waals surface area contributed by atoms with Gasteiger partial charge in [0.1, 0.15) is 0 Å². The molecule has 0 amide bonds. The van der Waals surface area contributed by atoms with E-state index in [4.69, 9.17) is 0 Å². The Morgan fingerprint density at radius 2 is 1.67 bits per heavy atom. The molecular formula is C16H16O3S2. The zero-order valence-corrected chi connectivity index (χ0v) is 13.5. The van der Waals surface area contributed by atoms with E-state index in [2.05, 4.69) is 0 Å². The van der Waals surface area contributed by atoms with Crippen molar-refractivity contribution in [3.05, 3.63) is 54.1 Å². The normalized spacial score (nSPS) is 11.3. The van der Waals surface area contributed by atoms with Gasteiger partial charge >= 0.3 is 0 Å². The summed E-state index contributed by atoms with van der Waals surface area (Å²) in [6, 6.07) is 14.1. The molecule has 5 heteroatoms. The lowest BCUT2D eigenvalue weighted by molar-refractivity contribution is 0.0985. The molecule has 0 aliphatic rings. The van der Waals surface area contributed by atoms with Crippen molar-refractivity contribution in [2.75, 3.05) is 6.26 Å². The van der Waals surface area contributed by atoms with Crippen molar-refractivity contribution in [3.63, 3.8) is 0 Å². The van der Waals surface area contributed by atoms with Gasteiger partial charge in [-0.2, -0.15) is 0 Å². The lowest BCUT2D eigenvalue weighted by atomic mass is 10.1. The molecule has 110 valence electrons. The van der Waals surface area contributed by atoms with Gasteiger partial charge in [0, 0.05) is 28.0 Å². The first-order chi connectivity index (χ1) is 9.91. The molecule has 2 aromatic rings. The van der Waals surface area contributed by atoms with E-state index in [1.165, 1.54) is 18.0 Å². The van der Waals surface area contributed by atoms with E-state index in [0.717, 1.165) is 9.79 Å². The maximum atomic E-state index is 11.9. The topological polar surface area (TPSA) is 51.2 Å². The minimum Gasteiger partial charge on any atom is -0.294 e. The van der Waals surface area contributed by atoms with Crippen LogP contribution in [0.15, 0.2) is 63.2 Å². The zero-order chi connectivity index (χ0) is 15.5. The minimum atomic E-state index is -3.18. The molecule has 2 aromatic carbocycles. The summed E-state index contributed by atoms with van der Waals surface area (Å²) < 4.78 is 22.9. The quantitative estimate of drug-likeness (QED) is 0.786. The van der Waals surface area contributed by atoms with E-state index in [9.17, 15) is 13.2 Å². The van der Waals surface area contributed by atoms with Crippen molar-refractivity contribution in [2.45, 2.75) is 28.0 Å². The molecule has 0 heterocycles. The van der Waals surface area contributed by atoms with E-state index < -0.39 is 9.84 Å². The first-order valence-electron chi connectivity index (χ1n) is 6.52. The SMILES string of the molecule is CCC(=O)c1ccccc1Sc1ccc(S(C)(=O)=O)cc1. The van der Waals surface area contributed by atoms with Crippen LogP contribution in [0, 0.1) is 0 Å². The summed E-state index contributed by atoms with van der Waals surface area (Å²) in [6.45, 7) is 1.84. The third kappa shape index (κ3) is 3.95. The fourth-order valence-corrected chi connectivity index (χ4v) is 3.45. The maximum absolute atomic E-state index is 11.9. The van der Waals surface area contributed by atoms with Crippen LogP contribution in [-0.2, 0) is 9.84 Å². The van der Waals surface area contributed by atoms with Gasteiger partial charge in [-0.1, -0.05) is 36.9 Å². The molecule has 0 saturated heterocycles. The largest absolute Gasteiger partial charge is 0.294 e. The molecule has 0 atom stereocenters. The molecule has 2 rings (SSSR count). The molecule has 0 unspecified atom stereocenters. The summed E-state index contributed by atoms with van der Waals surface area (Å²) >= 11 is 1.46. The van der Waals surface area contributed by atoms with Gasteiger partial charge in [-0.05, 0) is 30.3 Å². The van der Waals surface area contributed by atoms with E-state index >= 15 is 0 Å². The maximum Gasteiger partial charge on any atom is 0.175 e. The lowest BCUT2D eigenvalue weighted by Gasteiger charge is -2.08. The van der Waals surface area contributed by atoms with Gasteiger partial charge in [0.05, 0.1) is 4.90 Å². The van der Waals surface area contributed by atoms with Crippen LogP contribution in [0.1, 0.15) is 23.7 Å². The third-order valence-corrected chi connectivity index (χ3v) is 5.20. The highest BCUT2D eigenvalue weighted by molar-refractivity contribution is 7.99. The molecule has 0 N–H and O–H groups in total. The standard InChI is InChI=1S/C16H16O3S2/c1-3-15(17)14-6-4-5-7-16(14)20-12-8-10-13(11-9-12)21(2,18)19/h4-11H,3H2,1-2H3. The van der Waals surface area contributed by atoms with Gasteiger partial charge in [0.2, 0.25) is 0 Å². The number of sulfone groups is 1. The second kappa shape index (κ2) is 6.45. The monoisotopic (exact) mass is 320 g/mol. The molecule has 0 aromatic heterocycles. The van der Waals surface area contributed by atoms with Crippen molar-refractivity contribution in [3.8, 4) is 0 Å². The van der Waals surface area contributed by atoms with Crippen LogP contribution in [0.5, 0.6) is 0 Å². The van der Waals surface area contributed by atoms with Crippen molar-refractivity contribution in [1.82, 2.24) is 0 Å². The van der Waals surface area contributed by atoms with Crippen LogP contribution in [0.3, 0.4) is 0 Å². The Morgan fingerprint density at radius 3 is 2.24 bits per heavy atom. The fraction of sp³-hybridized carbons (Fsp3) is 0.188. The van der Waals surface area contributed by atoms with E-state index in [1.807, 2.05) is 31.2 Å². The number of Topliss-reactive ketones (excluding diaryl/α,β-unsaturated/α-hetero) is 1. The van der Waals surface area contributed by atoms with Gasteiger partial charge in [0.25, 0.3) is 0 Å². The van der Waals surface area contributed by atoms with Crippen LogP contribution in [0.2, 0.25) is 0 Å². The molecular weight excluding hydrogens is 304 g/mol. The average Bonchev–Trinajstić information content (AvgIpc) is 2.46. The Labute approximate surface area is 129 Å². The van der Waals surface area contributed by atoms with Crippen LogP contribution in [-0.4, -0.2) is 20.5 Å². The third-order valence-electron chi connectivity index (χ3n) is 2.99. The van der Waals surface area contributed by atoms with Crippen LogP contribution in [0.4, 0.5) is 0 Å². The Balaban J connectivity index is 2.29. The average molecular weight is 320 g/mol. The van der Waals surface area contributed by atoms with Crippen LogP contribution >= 0.6 is 11.8 Å². The summed E-state index contributed by atoms with van der Waals surface area (Å²) in [6.07, 6.45) is 1.65. The number of ketones is 1. The molecule has 21 heavy (non-hydrogen) atoms. The number of carbonyl (C=O) groups excluding carboxylic acids is 1. The number of benzene rings is 2. The number of hydrogen-bond donors (Lipinski definition) is 0. The van der Waals surface area contributed by atoms with Gasteiger partial charge in [-0.25, -0.2) is 8.42 Å². The van der Waals surface area contributed by atoms with Gasteiger partial charge in [-0.3, -0.25) is 4.79 Å². The Bertz CT molecular complexity index is 747. The predicted molar refractivity (Wildman–Crippen MR) is 84.7 cm³/mol. The molecule has 0 bridgehead atoms. The molecule has 0 aliphatic carbocycles. The molecule has 0 fully saturated rings. The summed E-state index contributed by atoms with van der Waals surface area (Å²) in [4.78, 5) is 14.0. The Kier molecular flexibility index (Phi) is 4.85. The van der Waals surface area contributed by atoms with Gasteiger partial charge in [-0.15, -0.1) is 0 Å². The van der Waals surface area contributed by atoms with E-state index in [1.54, 1.807) is 24.3 Å². The van der Waals surface area contributed by atoms with E-state index in [-0.39, 0.29) is 5.78 Å². The Morgan fingerprint density at radius 1 is 1.05 bits per heavy atom. The van der Waals surface area contributed by atoms with Crippen LogP contribution < -0.4 is 0 Å². The molecule has 0 aliphatic heterocycles. The fourth-order valence-electron chi connectivity index (χ4n) is 1.86. The van der Waals surface area contributed by atoms with Crippen molar-refractivity contribution < 1.29 is 13.2 Å². The minimum absolute atomic E-state index is 0.103. The number of rotatable bonds is 5. The highest BCUT2D eigenvalue weighted by Gasteiger charge is 2.11. The summed E-state index contributed by atoms with van der Waals surface area (Å²) in [5.41, 5.74) is 0.706. The first-order valence-corrected chi connectivity index (χ1v) is 9.23. The highest BCUT2D eigenvalue weighted by Crippen LogP contribution is 2.31.